The summed E-state index contributed by atoms with van der Waals surface area (Å²) in [6, 6.07) is 19.3. The van der Waals surface area contributed by atoms with Gasteiger partial charge in [0, 0.05) is 24.1 Å². The molecule has 0 aliphatic carbocycles. The van der Waals surface area contributed by atoms with Crippen LogP contribution in [0.15, 0.2) is 72.9 Å². The fourth-order valence-corrected chi connectivity index (χ4v) is 4.21. The van der Waals surface area contributed by atoms with E-state index in [9.17, 15) is 14.3 Å². The molecule has 0 saturated carbocycles. The Hall–Kier alpha value is -3.90. The number of carbonyl (C=O) groups excluding carboxylic acids is 1. The highest BCUT2D eigenvalue weighted by molar-refractivity contribution is 5.98. The number of aromatic nitrogens is 1. The van der Waals surface area contributed by atoms with E-state index >= 15 is 0 Å². The van der Waals surface area contributed by atoms with Crippen molar-refractivity contribution in [3.63, 3.8) is 0 Å². The van der Waals surface area contributed by atoms with Crippen LogP contribution in [0.5, 0.6) is 5.75 Å². The third kappa shape index (κ3) is 6.01. The number of nitrogens with zero attached hydrogens (tertiary/aromatic N) is 1. The Morgan fingerprint density at radius 1 is 1.08 bits per heavy atom. The highest BCUT2D eigenvalue weighted by atomic mass is 19.1. The monoisotopic (exact) mass is 486 g/mol. The number of aliphatic hydroxyl groups is 1. The van der Waals surface area contributed by atoms with Gasteiger partial charge in [-0.25, -0.2) is 4.39 Å². The van der Waals surface area contributed by atoms with Crippen molar-refractivity contribution in [2.24, 2.45) is 7.05 Å². The van der Waals surface area contributed by atoms with Crippen molar-refractivity contribution < 1.29 is 19.0 Å². The van der Waals surface area contributed by atoms with Gasteiger partial charge in [-0.05, 0) is 59.9 Å². The highest BCUT2D eigenvalue weighted by Gasteiger charge is 2.19. The molecule has 2 N–H and O–H groups in total. The van der Waals surface area contributed by atoms with Gasteiger partial charge in [-0.1, -0.05) is 55.5 Å². The lowest BCUT2D eigenvalue weighted by Gasteiger charge is -2.18. The molecule has 1 atom stereocenters. The Bertz CT molecular complexity index is 1360. The molecule has 0 radical (unpaired) electrons. The van der Waals surface area contributed by atoms with Crippen LogP contribution in [0.1, 0.15) is 40.4 Å². The Balaban J connectivity index is 1.55. The van der Waals surface area contributed by atoms with Crippen LogP contribution >= 0.6 is 0 Å². The van der Waals surface area contributed by atoms with Crippen molar-refractivity contribution in [1.29, 1.82) is 0 Å². The van der Waals surface area contributed by atoms with Crippen LogP contribution in [0.3, 0.4) is 0 Å². The molecule has 0 bridgehead atoms. The molecular formula is C30H31FN2O3. The van der Waals surface area contributed by atoms with E-state index in [1.54, 1.807) is 24.3 Å². The van der Waals surface area contributed by atoms with E-state index in [4.69, 9.17) is 4.74 Å². The van der Waals surface area contributed by atoms with Gasteiger partial charge >= 0.3 is 0 Å². The average Bonchev–Trinajstić information content (AvgIpc) is 3.22. The fraction of sp³-hybridized carbons (Fsp3) is 0.233. The molecule has 6 heteroatoms. The predicted molar refractivity (Wildman–Crippen MR) is 143 cm³/mol. The number of hydrogen-bond donors (Lipinski definition) is 2. The van der Waals surface area contributed by atoms with Crippen LogP contribution in [-0.4, -0.2) is 34.8 Å². The van der Waals surface area contributed by atoms with Gasteiger partial charge in [0.2, 0.25) is 0 Å². The number of para-hydroxylation sites is 1. The number of carbonyl (C=O) groups is 1. The minimum absolute atomic E-state index is 0.190. The summed E-state index contributed by atoms with van der Waals surface area (Å²) in [7, 11) is 1.99. The minimum atomic E-state index is -0.458. The van der Waals surface area contributed by atoms with Gasteiger partial charge < -0.3 is 19.7 Å². The third-order valence-corrected chi connectivity index (χ3v) is 6.05. The first-order valence-corrected chi connectivity index (χ1v) is 12.1. The maximum atomic E-state index is 13.3. The average molecular weight is 487 g/mol. The summed E-state index contributed by atoms with van der Waals surface area (Å²) in [6.45, 7) is 2.31. The summed E-state index contributed by atoms with van der Waals surface area (Å²) in [5.41, 5.74) is 4.23. The zero-order valence-corrected chi connectivity index (χ0v) is 20.6. The molecule has 0 aliphatic heterocycles. The normalized spacial score (nSPS) is 12.2. The summed E-state index contributed by atoms with van der Waals surface area (Å²) in [4.78, 5) is 13.3. The molecule has 1 amide bonds. The van der Waals surface area contributed by atoms with Crippen LogP contribution in [0.2, 0.25) is 0 Å². The van der Waals surface area contributed by atoms with Gasteiger partial charge in [-0.15, -0.1) is 0 Å². The molecule has 1 heterocycles. The van der Waals surface area contributed by atoms with Crippen LogP contribution in [0, 0.1) is 5.82 Å². The molecule has 5 nitrogen and oxygen atoms in total. The number of amides is 1. The first-order valence-electron chi connectivity index (χ1n) is 12.1. The number of ether oxygens (including phenoxy) is 1. The van der Waals surface area contributed by atoms with Gasteiger partial charge in [-0.2, -0.15) is 0 Å². The van der Waals surface area contributed by atoms with E-state index in [1.807, 2.05) is 56.6 Å². The molecule has 0 spiro atoms. The number of aryl methyl sites for hydroxylation is 1. The largest absolute Gasteiger partial charge is 0.493 e. The summed E-state index contributed by atoms with van der Waals surface area (Å²) in [5, 5.41) is 14.2. The van der Waals surface area contributed by atoms with Gasteiger partial charge in [0.25, 0.3) is 5.91 Å². The first-order chi connectivity index (χ1) is 17.5. The van der Waals surface area contributed by atoms with Crippen molar-refractivity contribution in [2.45, 2.75) is 25.8 Å². The number of halogens is 1. The molecule has 0 aliphatic rings. The topological polar surface area (TPSA) is 63.5 Å². The molecule has 186 valence electrons. The van der Waals surface area contributed by atoms with E-state index in [0.29, 0.717) is 24.3 Å². The zero-order valence-electron chi connectivity index (χ0n) is 20.6. The summed E-state index contributed by atoms with van der Waals surface area (Å²) in [6.07, 6.45) is 7.08. The number of fused-ring (bicyclic) bond motifs is 1. The molecular weight excluding hydrogens is 455 g/mol. The summed E-state index contributed by atoms with van der Waals surface area (Å²) < 4.78 is 21.1. The number of rotatable bonds is 10. The number of hydrogen-bond acceptors (Lipinski definition) is 3. The van der Waals surface area contributed by atoms with E-state index < -0.39 is 6.04 Å². The zero-order chi connectivity index (χ0) is 25.5. The molecule has 3 aromatic carbocycles. The van der Waals surface area contributed by atoms with Crippen molar-refractivity contribution in [3.8, 4) is 5.75 Å². The van der Waals surface area contributed by atoms with E-state index in [-0.39, 0.29) is 18.3 Å². The predicted octanol–water partition coefficient (Wildman–Crippen LogP) is 5.61. The Labute approximate surface area is 210 Å². The minimum Gasteiger partial charge on any atom is -0.493 e. The van der Waals surface area contributed by atoms with Crippen molar-refractivity contribution in [1.82, 2.24) is 9.88 Å². The van der Waals surface area contributed by atoms with E-state index in [1.165, 1.54) is 12.1 Å². The second-order valence-corrected chi connectivity index (χ2v) is 8.83. The Morgan fingerprint density at radius 2 is 1.81 bits per heavy atom. The molecule has 0 fully saturated rings. The molecule has 4 aromatic rings. The Morgan fingerprint density at radius 3 is 2.56 bits per heavy atom. The van der Waals surface area contributed by atoms with Crippen LogP contribution in [0.25, 0.3) is 23.1 Å². The van der Waals surface area contributed by atoms with E-state index in [0.717, 1.165) is 34.0 Å². The van der Waals surface area contributed by atoms with Gasteiger partial charge in [0.05, 0.1) is 24.8 Å². The first kappa shape index (κ1) is 25.2. The molecule has 36 heavy (non-hydrogen) atoms. The standard InChI is InChI=1S/C30H31FN2O3/c1-3-16-36-29-15-12-22(9-8-21-10-13-24(31)14-11-21)17-27(29)30(35)32-25(20-34)18-23-19-33(2)28-7-5-4-6-26(23)28/h4-15,17,19,25,34H,3,16,18,20H2,1-2H3,(H,32,35)/b9-8+/t25-/m1/s1. The maximum absolute atomic E-state index is 13.3. The number of benzene rings is 3. The maximum Gasteiger partial charge on any atom is 0.255 e. The van der Waals surface area contributed by atoms with Crippen molar-refractivity contribution in [3.05, 3.63) is 101 Å². The number of aliphatic hydroxyl groups excluding tert-OH is 1. The summed E-state index contributed by atoms with van der Waals surface area (Å²) in [5.74, 6) is -0.0991. The molecule has 4 rings (SSSR count). The van der Waals surface area contributed by atoms with Crippen LogP contribution in [0.4, 0.5) is 4.39 Å². The summed E-state index contributed by atoms with van der Waals surface area (Å²) >= 11 is 0. The highest BCUT2D eigenvalue weighted by Crippen LogP contribution is 2.24. The van der Waals surface area contributed by atoms with Crippen LogP contribution < -0.4 is 10.1 Å². The molecule has 0 saturated heterocycles. The number of nitrogens with one attached hydrogen (secondary N) is 1. The SMILES string of the molecule is CCCOc1ccc(/C=C/c2ccc(F)cc2)cc1C(=O)N[C@@H](CO)Cc1cn(C)c2ccccc12. The van der Waals surface area contributed by atoms with Gasteiger partial charge in [-0.3, -0.25) is 4.79 Å². The lowest BCUT2D eigenvalue weighted by molar-refractivity contribution is 0.0912. The van der Waals surface area contributed by atoms with Crippen molar-refractivity contribution in [2.75, 3.05) is 13.2 Å². The second kappa shape index (κ2) is 11.7. The third-order valence-electron chi connectivity index (χ3n) is 6.05. The molecule has 0 unspecified atom stereocenters. The Kier molecular flexibility index (Phi) is 8.18. The fourth-order valence-electron chi connectivity index (χ4n) is 4.21. The van der Waals surface area contributed by atoms with Crippen LogP contribution in [-0.2, 0) is 13.5 Å². The lowest BCUT2D eigenvalue weighted by atomic mass is 10.0. The quantitative estimate of drug-likeness (QED) is 0.287. The lowest BCUT2D eigenvalue weighted by Crippen LogP contribution is -2.39. The van der Waals surface area contributed by atoms with Gasteiger partial charge in [0.15, 0.2) is 0 Å². The molecule has 1 aromatic heterocycles. The second-order valence-electron chi connectivity index (χ2n) is 8.83. The van der Waals surface area contributed by atoms with E-state index in [2.05, 4.69) is 16.0 Å². The van der Waals surface area contributed by atoms with Gasteiger partial charge in [0.1, 0.15) is 11.6 Å². The van der Waals surface area contributed by atoms with Crippen molar-refractivity contribution >= 4 is 29.0 Å². The smallest absolute Gasteiger partial charge is 0.255 e.